The van der Waals surface area contributed by atoms with Gasteiger partial charge in [0.2, 0.25) is 0 Å². The normalized spacial score (nSPS) is 10.8. The minimum absolute atomic E-state index is 0. The van der Waals surface area contributed by atoms with Gasteiger partial charge in [-0.1, -0.05) is 31.5 Å². The van der Waals surface area contributed by atoms with Crippen LogP contribution in [0.2, 0.25) is 5.02 Å². The Labute approximate surface area is 211 Å². The van der Waals surface area contributed by atoms with Crippen molar-refractivity contribution in [3.05, 3.63) is 64.4 Å². The summed E-state index contributed by atoms with van der Waals surface area (Å²) in [6, 6.07) is 12.0. The third-order valence-corrected chi connectivity index (χ3v) is 5.44. The van der Waals surface area contributed by atoms with E-state index in [1.807, 2.05) is 36.1 Å². The fourth-order valence-corrected chi connectivity index (χ4v) is 3.76. The summed E-state index contributed by atoms with van der Waals surface area (Å²) in [4.78, 5) is 8.23. The van der Waals surface area contributed by atoms with Crippen LogP contribution in [0, 0.1) is 12.8 Å². The van der Waals surface area contributed by atoms with Gasteiger partial charge in [-0.2, -0.15) is 5.10 Å². The fraction of sp³-hybridized carbons (Fsp3) is 0.333. The lowest BCUT2D eigenvalue weighted by Crippen LogP contribution is -2.09. The number of halogens is 3. The molecule has 4 aromatic rings. The molecule has 0 aliphatic rings. The van der Waals surface area contributed by atoms with E-state index in [-0.39, 0.29) is 24.8 Å². The van der Waals surface area contributed by atoms with Crippen molar-refractivity contribution in [1.29, 1.82) is 0 Å². The number of hydrogen-bond acceptors (Lipinski definition) is 4. The maximum absolute atomic E-state index is 6.26. The minimum atomic E-state index is 0. The molecule has 0 saturated carbocycles. The molecule has 6 nitrogen and oxygen atoms in total. The molecule has 0 aliphatic heterocycles. The second-order valence-electron chi connectivity index (χ2n) is 8.23. The Morgan fingerprint density at radius 2 is 1.94 bits per heavy atom. The highest BCUT2D eigenvalue weighted by molar-refractivity contribution is 6.30. The first-order chi connectivity index (χ1) is 14.9. The maximum Gasteiger partial charge on any atom is 0.141 e. The van der Waals surface area contributed by atoms with Gasteiger partial charge in [-0.25, -0.2) is 4.98 Å². The predicted octanol–water partition coefficient (Wildman–Crippen LogP) is 6.03. The summed E-state index contributed by atoms with van der Waals surface area (Å²) in [5.74, 6) is 2.11. The van der Waals surface area contributed by atoms with Crippen LogP contribution in [-0.2, 0) is 13.1 Å². The number of nitrogens with one attached hydrogen (secondary N) is 2. The van der Waals surface area contributed by atoms with Crippen LogP contribution in [-0.4, -0.2) is 33.4 Å². The van der Waals surface area contributed by atoms with Crippen LogP contribution >= 0.6 is 36.4 Å². The number of fused-ring (bicyclic) bond motifs is 1. The highest BCUT2D eigenvalue weighted by Gasteiger charge is 2.15. The fourth-order valence-electron chi connectivity index (χ4n) is 3.56. The number of imidazole rings is 1. The van der Waals surface area contributed by atoms with E-state index in [9.17, 15) is 0 Å². The molecule has 0 saturated heterocycles. The SMILES string of the molecule is CNCc1ccc2[nH]c(-c3cnn(Cc4cc(Cl)ccc4OCC(C)C)c3C)nc2c1.Cl.Cl. The number of H-pyrrole nitrogens is 1. The van der Waals surface area contributed by atoms with Crippen molar-refractivity contribution in [2.45, 2.75) is 33.9 Å². The van der Waals surface area contributed by atoms with Crippen molar-refractivity contribution in [2.24, 2.45) is 5.92 Å². The lowest BCUT2D eigenvalue weighted by molar-refractivity contribution is 0.268. The van der Waals surface area contributed by atoms with Crippen LogP contribution < -0.4 is 10.1 Å². The number of aromatic amines is 1. The van der Waals surface area contributed by atoms with Crippen LogP contribution in [0.1, 0.15) is 30.7 Å². The van der Waals surface area contributed by atoms with E-state index in [1.165, 1.54) is 5.56 Å². The number of hydrogen-bond donors (Lipinski definition) is 2. The Morgan fingerprint density at radius 3 is 2.67 bits per heavy atom. The molecule has 0 aliphatic carbocycles. The van der Waals surface area contributed by atoms with E-state index < -0.39 is 0 Å². The van der Waals surface area contributed by atoms with E-state index >= 15 is 0 Å². The van der Waals surface area contributed by atoms with Crippen LogP contribution in [0.15, 0.2) is 42.6 Å². The number of nitrogens with zero attached hydrogens (tertiary/aromatic N) is 3. The zero-order valence-electron chi connectivity index (χ0n) is 19.2. The molecule has 9 heteroatoms. The number of aromatic nitrogens is 4. The zero-order chi connectivity index (χ0) is 22.0. The molecule has 0 atom stereocenters. The molecule has 0 spiro atoms. The first-order valence-corrected chi connectivity index (χ1v) is 10.9. The second-order valence-corrected chi connectivity index (χ2v) is 8.66. The first-order valence-electron chi connectivity index (χ1n) is 10.5. The van der Waals surface area contributed by atoms with E-state index in [2.05, 4.69) is 54.4 Å². The average Bonchev–Trinajstić information content (AvgIpc) is 3.30. The Kier molecular flexibility index (Phi) is 9.61. The summed E-state index contributed by atoms with van der Waals surface area (Å²) in [7, 11) is 1.94. The number of ether oxygens (including phenoxy) is 1. The van der Waals surface area contributed by atoms with Crippen molar-refractivity contribution in [3.8, 4) is 17.1 Å². The largest absolute Gasteiger partial charge is 0.493 e. The molecule has 0 amide bonds. The molecule has 0 unspecified atom stereocenters. The van der Waals surface area contributed by atoms with E-state index in [1.54, 1.807) is 0 Å². The van der Waals surface area contributed by atoms with Gasteiger partial charge in [0.1, 0.15) is 11.6 Å². The highest BCUT2D eigenvalue weighted by atomic mass is 35.5. The van der Waals surface area contributed by atoms with Gasteiger partial charge >= 0.3 is 0 Å². The monoisotopic (exact) mass is 509 g/mol. The Bertz CT molecular complexity index is 1200. The molecular weight excluding hydrogens is 481 g/mol. The minimum Gasteiger partial charge on any atom is -0.493 e. The van der Waals surface area contributed by atoms with Gasteiger partial charge in [0.25, 0.3) is 0 Å². The summed E-state index contributed by atoms with van der Waals surface area (Å²) >= 11 is 6.26. The summed E-state index contributed by atoms with van der Waals surface area (Å²) in [6.45, 7) is 8.37. The molecule has 2 heterocycles. The van der Waals surface area contributed by atoms with Gasteiger partial charge in [-0.15, -0.1) is 24.8 Å². The van der Waals surface area contributed by atoms with E-state index in [0.29, 0.717) is 24.1 Å². The molecular formula is C24H30Cl3N5O. The molecule has 2 aromatic carbocycles. The molecule has 0 radical (unpaired) electrons. The third kappa shape index (κ3) is 6.21. The Morgan fingerprint density at radius 1 is 1.15 bits per heavy atom. The van der Waals surface area contributed by atoms with Crippen molar-refractivity contribution >= 4 is 47.4 Å². The molecule has 178 valence electrons. The third-order valence-electron chi connectivity index (χ3n) is 5.20. The Balaban J connectivity index is 0.00000193. The topological polar surface area (TPSA) is 67.8 Å². The molecule has 2 N–H and O–H groups in total. The average molecular weight is 511 g/mol. The lowest BCUT2D eigenvalue weighted by Gasteiger charge is -2.14. The van der Waals surface area contributed by atoms with Crippen LogP contribution in [0.4, 0.5) is 0 Å². The molecule has 2 aromatic heterocycles. The van der Waals surface area contributed by atoms with Gasteiger partial charge < -0.3 is 15.0 Å². The molecule has 4 rings (SSSR count). The van der Waals surface area contributed by atoms with E-state index in [0.717, 1.165) is 46.0 Å². The van der Waals surface area contributed by atoms with Gasteiger partial charge in [0.05, 0.1) is 35.9 Å². The second kappa shape index (κ2) is 11.7. The lowest BCUT2D eigenvalue weighted by atomic mass is 10.2. The van der Waals surface area contributed by atoms with Crippen LogP contribution in [0.5, 0.6) is 5.75 Å². The van der Waals surface area contributed by atoms with Gasteiger partial charge in [-0.05, 0) is 55.8 Å². The summed E-state index contributed by atoms with van der Waals surface area (Å²) in [6.07, 6.45) is 1.86. The van der Waals surface area contributed by atoms with Gasteiger partial charge in [-0.3, -0.25) is 4.68 Å². The quantitative estimate of drug-likeness (QED) is 0.303. The number of rotatable bonds is 8. The van der Waals surface area contributed by atoms with E-state index in [4.69, 9.17) is 21.3 Å². The van der Waals surface area contributed by atoms with Crippen molar-refractivity contribution in [2.75, 3.05) is 13.7 Å². The molecule has 33 heavy (non-hydrogen) atoms. The summed E-state index contributed by atoms with van der Waals surface area (Å²) < 4.78 is 7.97. The van der Waals surface area contributed by atoms with Gasteiger partial charge in [0, 0.05) is 22.8 Å². The summed E-state index contributed by atoms with van der Waals surface area (Å²) in [5, 5.41) is 8.48. The Hall–Kier alpha value is -2.25. The predicted molar refractivity (Wildman–Crippen MR) is 140 cm³/mol. The van der Waals surface area contributed by atoms with Crippen molar-refractivity contribution in [1.82, 2.24) is 25.1 Å². The van der Waals surface area contributed by atoms with Crippen molar-refractivity contribution in [3.63, 3.8) is 0 Å². The maximum atomic E-state index is 6.26. The van der Waals surface area contributed by atoms with Crippen LogP contribution in [0.3, 0.4) is 0 Å². The zero-order valence-corrected chi connectivity index (χ0v) is 21.6. The van der Waals surface area contributed by atoms with Crippen LogP contribution in [0.25, 0.3) is 22.4 Å². The molecule has 0 fully saturated rings. The summed E-state index contributed by atoms with van der Waals surface area (Å²) in [5.41, 5.74) is 6.19. The van der Waals surface area contributed by atoms with Crippen molar-refractivity contribution < 1.29 is 4.74 Å². The smallest absolute Gasteiger partial charge is 0.141 e. The standard InChI is InChI=1S/C24H28ClN5O.2ClH/c1-15(2)14-31-23-8-6-19(25)10-18(23)13-30-16(3)20(12-27-30)24-28-21-7-5-17(11-26-4)9-22(21)29-24;;/h5-10,12,15,26H,11,13-14H2,1-4H3,(H,28,29);2*1H. The molecule has 0 bridgehead atoms. The first kappa shape index (κ1) is 27.0. The van der Waals surface area contributed by atoms with Gasteiger partial charge in [0.15, 0.2) is 0 Å². The highest BCUT2D eigenvalue weighted by Crippen LogP contribution is 2.28. The number of benzene rings is 2.